The average molecular weight is 491 g/mol. The van der Waals surface area contributed by atoms with Gasteiger partial charge in [-0.05, 0) is 36.4 Å². The average Bonchev–Trinajstić information content (AvgIpc) is 3.44. The second-order valence-electron chi connectivity index (χ2n) is 8.17. The predicted octanol–water partition coefficient (Wildman–Crippen LogP) is 4.41. The Kier molecular flexibility index (Phi) is 4.82. The van der Waals surface area contributed by atoms with Crippen molar-refractivity contribution in [1.82, 2.24) is 19.5 Å². The van der Waals surface area contributed by atoms with E-state index in [2.05, 4.69) is 15.0 Å². The molecular formula is C25H16ClFN4O4. The lowest BCUT2D eigenvalue weighted by Crippen LogP contribution is -2.14. The van der Waals surface area contributed by atoms with Crippen molar-refractivity contribution >= 4 is 39.5 Å². The number of halogens is 2. The molecule has 0 fully saturated rings. The van der Waals surface area contributed by atoms with Crippen LogP contribution in [-0.4, -0.2) is 37.2 Å². The van der Waals surface area contributed by atoms with E-state index in [1.165, 1.54) is 22.9 Å². The van der Waals surface area contributed by atoms with Crippen LogP contribution in [0.25, 0.3) is 33.1 Å². The number of H-pyrrole nitrogens is 1. The van der Waals surface area contributed by atoms with Crippen LogP contribution in [0.15, 0.2) is 53.6 Å². The minimum absolute atomic E-state index is 0.0300. The molecule has 1 aliphatic heterocycles. The number of hydrogen-bond acceptors (Lipinski definition) is 5. The van der Waals surface area contributed by atoms with Crippen molar-refractivity contribution in [2.75, 3.05) is 6.61 Å². The van der Waals surface area contributed by atoms with Gasteiger partial charge in [0.05, 0.1) is 29.6 Å². The van der Waals surface area contributed by atoms with Gasteiger partial charge in [0.2, 0.25) is 0 Å². The highest BCUT2D eigenvalue weighted by Crippen LogP contribution is 2.44. The first kappa shape index (κ1) is 21.3. The van der Waals surface area contributed by atoms with Crippen molar-refractivity contribution in [2.24, 2.45) is 0 Å². The van der Waals surface area contributed by atoms with E-state index in [1.54, 1.807) is 24.4 Å². The number of carboxylic acid groups (broad SMARTS) is 1. The number of pyridine rings is 3. The second-order valence-corrected chi connectivity index (χ2v) is 8.53. The highest BCUT2D eigenvalue weighted by molar-refractivity contribution is 6.30. The van der Waals surface area contributed by atoms with Crippen molar-refractivity contribution in [3.05, 3.63) is 86.9 Å². The topological polar surface area (TPSA) is 110 Å². The van der Waals surface area contributed by atoms with E-state index in [0.29, 0.717) is 28.6 Å². The summed E-state index contributed by atoms with van der Waals surface area (Å²) >= 11 is 6.44. The van der Waals surface area contributed by atoms with Crippen LogP contribution in [0.5, 0.6) is 5.75 Å². The zero-order valence-electron chi connectivity index (χ0n) is 18.0. The Morgan fingerprint density at radius 3 is 2.94 bits per heavy atom. The van der Waals surface area contributed by atoms with Crippen LogP contribution in [0.4, 0.5) is 4.39 Å². The minimum Gasteiger partial charge on any atom is -0.492 e. The number of aromatic nitrogens is 4. The molecule has 0 amide bonds. The molecule has 5 heterocycles. The molecule has 0 saturated carbocycles. The number of benzene rings is 1. The molecule has 10 heteroatoms. The van der Waals surface area contributed by atoms with Gasteiger partial charge in [0, 0.05) is 40.9 Å². The maximum atomic E-state index is 15.1. The van der Waals surface area contributed by atoms with Crippen LogP contribution in [0, 0.1) is 5.82 Å². The molecule has 0 radical (unpaired) electrons. The third kappa shape index (κ3) is 3.27. The fourth-order valence-electron chi connectivity index (χ4n) is 4.71. The normalized spacial score (nSPS) is 12.7. The standard InChI is InChI=1S/C25H16ClFN4O4/c26-22-13(9-12-3-1-6-28-23(12)30-22)11-31-17-10-16(27)14-5-8-35-21(14)19(17)18(20(31)25(33)34)15-4-2-7-29-24(15)32/h1-4,6-7,9-10H,5,8,11H2,(H,29,32)(H,33,34). The van der Waals surface area contributed by atoms with Crippen LogP contribution in [0.3, 0.4) is 0 Å². The van der Waals surface area contributed by atoms with Gasteiger partial charge in [-0.3, -0.25) is 4.79 Å². The van der Waals surface area contributed by atoms with Gasteiger partial charge in [-0.2, -0.15) is 0 Å². The number of carbonyl (C=O) groups is 1. The Morgan fingerprint density at radius 2 is 2.14 bits per heavy atom. The van der Waals surface area contributed by atoms with Gasteiger partial charge in [-0.25, -0.2) is 19.2 Å². The zero-order valence-corrected chi connectivity index (χ0v) is 18.8. The number of aromatic carboxylic acids is 1. The van der Waals surface area contributed by atoms with Crippen LogP contribution in [0.1, 0.15) is 21.6 Å². The molecule has 2 N–H and O–H groups in total. The summed E-state index contributed by atoms with van der Waals surface area (Å²) in [5.41, 5.74) is 1.26. The molecule has 0 spiro atoms. The molecule has 1 aliphatic rings. The second kappa shape index (κ2) is 7.92. The maximum Gasteiger partial charge on any atom is 0.353 e. The number of nitrogens with one attached hydrogen (secondary N) is 1. The summed E-state index contributed by atoms with van der Waals surface area (Å²) in [6, 6.07) is 9.77. The van der Waals surface area contributed by atoms with E-state index in [0.717, 1.165) is 5.39 Å². The van der Waals surface area contributed by atoms with E-state index >= 15 is 4.39 Å². The SMILES string of the molecule is O=C(O)c1c(-c2ccc[nH]c2=O)c2c3c(c(F)cc2n1Cc1cc2cccnc2nc1Cl)CCO3. The van der Waals surface area contributed by atoms with Gasteiger partial charge in [0.1, 0.15) is 22.4 Å². The van der Waals surface area contributed by atoms with Crippen LogP contribution in [-0.2, 0) is 13.0 Å². The molecule has 1 aromatic carbocycles. The van der Waals surface area contributed by atoms with E-state index in [4.69, 9.17) is 16.3 Å². The lowest BCUT2D eigenvalue weighted by molar-refractivity contribution is 0.0687. The summed E-state index contributed by atoms with van der Waals surface area (Å²) < 4.78 is 22.3. The first-order chi connectivity index (χ1) is 16.9. The largest absolute Gasteiger partial charge is 0.492 e. The van der Waals surface area contributed by atoms with E-state index in [1.807, 2.05) is 6.07 Å². The molecule has 6 rings (SSSR count). The van der Waals surface area contributed by atoms with Crippen molar-refractivity contribution in [3.8, 4) is 16.9 Å². The van der Waals surface area contributed by atoms with E-state index < -0.39 is 17.3 Å². The van der Waals surface area contributed by atoms with Gasteiger partial charge in [-0.1, -0.05) is 11.6 Å². The van der Waals surface area contributed by atoms with Crippen LogP contribution < -0.4 is 10.3 Å². The van der Waals surface area contributed by atoms with Crippen molar-refractivity contribution < 1.29 is 19.0 Å². The fraction of sp³-hybridized carbons (Fsp3) is 0.120. The number of carboxylic acids is 1. The molecule has 4 aromatic heterocycles. The van der Waals surface area contributed by atoms with Gasteiger partial charge < -0.3 is 19.4 Å². The fourth-order valence-corrected chi connectivity index (χ4v) is 4.90. The summed E-state index contributed by atoms with van der Waals surface area (Å²) in [5.74, 6) is -1.52. The third-order valence-corrected chi connectivity index (χ3v) is 6.52. The lowest BCUT2D eigenvalue weighted by atomic mass is 10.00. The number of rotatable bonds is 4. The van der Waals surface area contributed by atoms with E-state index in [-0.39, 0.29) is 46.4 Å². The van der Waals surface area contributed by atoms with Crippen LogP contribution in [0.2, 0.25) is 5.15 Å². The quantitative estimate of drug-likeness (QED) is 0.361. The molecule has 0 atom stereocenters. The van der Waals surface area contributed by atoms with Crippen molar-refractivity contribution in [2.45, 2.75) is 13.0 Å². The van der Waals surface area contributed by atoms with E-state index in [9.17, 15) is 14.7 Å². The molecule has 0 unspecified atom stereocenters. The Labute approximate surface area is 201 Å². The lowest BCUT2D eigenvalue weighted by Gasteiger charge is -2.12. The first-order valence-electron chi connectivity index (χ1n) is 10.8. The van der Waals surface area contributed by atoms with Gasteiger partial charge >= 0.3 is 5.97 Å². The number of hydrogen-bond donors (Lipinski definition) is 2. The summed E-state index contributed by atoms with van der Waals surface area (Å²) in [4.78, 5) is 36.5. The highest BCUT2D eigenvalue weighted by atomic mass is 35.5. The summed E-state index contributed by atoms with van der Waals surface area (Å²) in [6.07, 6.45) is 3.41. The number of fused-ring (bicyclic) bond motifs is 4. The molecule has 0 aliphatic carbocycles. The highest BCUT2D eigenvalue weighted by Gasteiger charge is 2.32. The predicted molar refractivity (Wildman–Crippen MR) is 128 cm³/mol. The first-order valence-corrected chi connectivity index (χ1v) is 11.1. The molecular weight excluding hydrogens is 475 g/mol. The van der Waals surface area contributed by atoms with Gasteiger partial charge in [-0.15, -0.1) is 0 Å². The Bertz CT molecular complexity index is 1740. The zero-order chi connectivity index (χ0) is 24.3. The third-order valence-electron chi connectivity index (χ3n) is 6.19. The summed E-state index contributed by atoms with van der Waals surface area (Å²) in [7, 11) is 0. The molecule has 8 nitrogen and oxygen atoms in total. The Hall–Kier alpha value is -4.24. The summed E-state index contributed by atoms with van der Waals surface area (Å²) in [5, 5.41) is 11.5. The van der Waals surface area contributed by atoms with Crippen LogP contribution >= 0.6 is 11.6 Å². The van der Waals surface area contributed by atoms with Gasteiger partial charge in [0.25, 0.3) is 5.56 Å². The molecule has 174 valence electrons. The number of ether oxygens (including phenoxy) is 1. The molecule has 0 saturated heterocycles. The smallest absolute Gasteiger partial charge is 0.353 e. The van der Waals surface area contributed by atoms with Crippen molar-refractivity contribution in [1.29, 1.82) is 0 Å². The molecule has 35 heavy (non-hydrogen) atoms. The van der Waals surface area contributed by atoms with Gasteiger partial charge in [0.15, 0.2) is 5.65 Å². The molecule has 5 aromatic rings. The Balaban J connectivity index is 1.71. The van der Waals surface area contributed by atoms with Crippen molar-refractivity contribution in [3.63, 3.8) is 0 Å². The number of aromatic amines is 1. The number of nitrogens with zero attached hydrogens (tertiary/aromatic N) is 3. The monoisotopic (exact) mass is 490 g/mol. The summed E-state index contributed by atoms with van der Waals surface area (Å²) in [6.45, 7) is 0.231. The minimum atomic E-state index is -1.28. The molecule has 0 bridgehead atoms. The Morgan fingerprint density at radius 1 is 1.29 bits per heavy atom. The maximum absolute atomic E-state index is 15.1.